The van der Waals surface area contributed by atoms with Gasteiger partial charge in [0.2, 0.25) is 5.91 Å². The number of carbonyl (C=O) groups excluding carboxylic acids is 2. The van der Waals surface area contributed by atoms with Crippen LogP contribution in [0.4, 0.5) is 11.4 Å². The molecule has 0 spiro atoms. The van der Waals surface area contributed by atoms with Crippen LogP contribution in [-0.4, -0.2) is 49.7 Å². The second kappa shape index (κ2) is 9.96. The maximum atomic E-state index is 12.7. The zero-order valence-corrected chi connectivity index (χ0v) is 20.8. The van der Waals surface area contributed by atoms with E-state index >= 15 is 0 Å². The van der Waals surface area contributed by atoms with Crippen molar-refractivity contribution in [1.82, 2.24) is 10.3 Å². The van der Waals surface area contributed by atoms with Crippen molar-refractivity contribution in [3.63, 3.8) is 0 Å². The van der Waals surface area contributed by atoms with Crippen molar-refractivity contribution in [1.29, 1.82) is 0 Å². The summed E-state index contributed by atoms with van der Waals surface area (Å²) in [7, 11) is 1.60. The smallest absolute Gasteiger partial charge is 0.263 e. The Morgan fingerprint density at radius 2 is 2.11 bits per heavy atom. The van der Waals surface area contributed by atoms with Crippen LogP contribution in [0.25, 0.3) is 32.2 Å². The molecule has 0 bridgehead atoms. The van der Waals surface area contributed by atoms with Crippen molar-refractivity contribution in [3.8, 4) is 17.0 Å². The van der Waals surface area contributed by atoms with Crippen LogP contribution in [0.1, 0.15) is 16.6 Å². The van der Waals surface area contributed by atoms with Gasteiger partial charge in [-0.15, -0.1) is 11.3 Å². The number of amides is 2. The summed E-state index contributed by atoms with van der Waals surface area (Å²) in [5, 5.41) is 11.3. The molecule has 0 radical (unpaired) electrons. The minimum Gasteiger partial charge on any atom is -0.489 e. The fraction of sp³-hybridized carbons (Fsp3) is 0.222. The van der Waals surface area contributed by atoms with Crippen molar-refractivity contribution in [2.24, 2.45) is 0 Å². The number of carbonyl (C=O) groups is 2. The molecule has 3 N–H and O–H groups in total. The van der Waals surface area contributed by atoms with E-state index in [-0.39, 0.29) is 17.9 Å². The lowest BCUT2D eigenvalue weighted by molar-refractivity contribution is -0.111. The van der Waals surface area contributed by atoms with Crippen LogP contribution in [-0.2, 0) is 9.53 Å². The monoisotopic (exact) mass is 502 g/mol. The molecular formula is C27H26N4O4S. The van der Waals surface area contributed by atoms with Crippen molar-refractivity contribution < 1.29 is 19.1 Å². The Labute approximate surface area is 212 Å². The molecule has 9 heteroatoms. The molecule has 1 aliphatic heterocycles. The Balaban J connectivity index is 1.56. The summed E-state index contributed by atoms with van der Waals surface area (Å²) in [6, 6.07) is 13.6. The summed E-state index contributed by atoms with van der Waals surface area (Å²) in [4.78, 5) is 30.3. The number of nitrogens with one attached hydrogen (secondary N) is 3. The summed E-state index contributed by atoms with van der Waals surface area (Å²) < 4.78 is 11.9. The first-order valence-electron chi connectivity index (χ1n) is 11.6. The molecule has 2 aromatic carbocycles. The molecule has 2 aromatic heterocycles. The van der Waals surface area contributed by atoms with E-state index < -0.39 is 0 Å². The lowest BCUT2D eigenvalue weighted by Crippen LogP contribution is -2.34. The van der Waals surface area contributed by atoms with E-state index in [0.717, 1.165) is 37.9 Å². The minimum atomic E-state index is -0.332. The van der Waals surface area contributed by atoms with Gasteiger partial charge in [0.15, 0.2) is 0 Å². The van der Waals surface area contributed by atoms with Gasteiger partial charge >= 0.3 is 0 Å². The average Bonchev–Trinajstić information content (AvgIpc) is 3.20. The predicted molar refractivity (Wildman–Crippen MR) is 144 cm³/mol. The topological polar surface area (TPSA) is 102 Å². The van der Waals surface area contributed by atoms with Gasteiger partial charge in [0.1, 0.15) is 17.2 Å². The van der Waals surface area contributed by atoms with Gasteiger partial charge in [-0.25, -0.2) is 4.98 Å². The summed E-state index contributed by atoms with van der Waals surface area (Å²) in [5.41, 5.74) is 3.78. The fourth-order valence-corrected chi connectivity index (χ4v) is 5.32. The Hall–Kier alpha value is -3.95. The molecular weight excluding hydrogens is 476 g/mol. The van der Waals surface area contributed by atoms with Crippen molar-refractivity contribution in [2.45, 2.75) is 13.0 Å². The molecule has 2 amide bonds. The SMILES string of the molecule is C=CC(=O)Nc1cc(-c2ccc3c(ccc4sc5c(c43)NC[C@@H](C)NC5=O)n2)ccc1OCCOC. The Kier molecular flexibility index (Phi) is 6.58. The molecule has 0 unspecified atom stereocenters. The number of ether oxygens (including phenoxy) is 2. The molecule has 4 aromatic rings. The quantitative estimate of drug-likeness (QED) is 0.248. The average molecular weight is 503 g/mol. The van der Waals surface area contributed by atoms with Crippen LogP contribution < -0.4 is 20.7 Å². The number of pyridine rings is 1. The van der Waals surface area contributed by atoms with Crippen LogP contribution in [0.5, 0.6) is 5.75 Å². The van der Waals surface area contributed by atoms with E-state index in [4.69, 9.17) is 14.5 Å². The molecule has 3 heterocycles. The lowest BCUT2D eigenvalue weighted by atomic mass is 10.1. The van der Waals surface area contributed by atoms with E-state index in [0.29, 0.717) is 36.1 Å². The third-order valence-corrected chi connectivity index (χ3v) is 7.11. The number of fused-ring (bicyclic) bond motifs is 5. The number of benzene rings is 2. The van der Waals surface area contributed by atoms with Crippen LogP contribution in [0.2, 0.25) is 0 Å². The molecule has 0 fully saturated rings. The van der Waals surface area contributed by atoms with Gasteiger partial charge < -0.3 is 25.4 Å². The Morgan fingerprint density at radius 1 is 1.25 bits per heavy atom. The standard InChI is InChI=1S/C27H26N4O4S/c1-4-23(32)31-20-13-16(5-9-21(20)35-12-11-34-3)18-7-6-17-19(30-18)8-10-22-24(17)25-26(36-22)27(33)29-15(2)14-28-25/h4-10,13,15,28H,1,11-12,14H2,2-3H3,(H,29,33)(H,31,32)/t15-/m1/s1. The van der Waals surface area contributed by atoms with Crippen LogP contribution in [0, 0.1) is 0 Å². The van der Waals surface area contributed by atoms with Crippen LogP contribution >= 0.6 is 11.3 Å². The summed E-state index contributed by atoms with van der Waals surface area (Å²) >= 11 is 1.48. The lowest BCUT2D eigenvalue weighted by Gasteiger charge is -2.14. The molecule has 0 saturated carbocycles. The van der Waals surface area contributed by atoms with E-state index in [9.17, 15) is 9.59 Å². The van der Waals surface area contributed by atoms with E-state index in [1.807, 2.05) is 43.3 Å². The number of anilines is 2. The van der Waals surface area contributed by atoms with Gasteiger partial charge in [0.25, 0.3) is 5.91 Å². The van der Waals surface area contributed by atoms with Crippen molar-refractivity contribution >= 4 is 55.5 Å². The van der Waals surface area contributed by atoms with Gasteiger partial charge in [-0.05, 0) is 55.5 Å². The van der Waals surface area contributed by atoms with Gasteiger partial charge in [-0.3, -0.25) is 9.59 Å². The normalized spacial score (nSPS) is 15.1. The highest BCUT2D eigenvalue weighted by Crippen LogP contribution is 2.41. The third-order valence-electron chi connectivity index (χ3n) is 5.95. The van der Waals surface area contributed by atoms with Gasteiger partial charge in [0, 0.05) is 40.7 Å². The second-order valence-corrected chi connectivity index (χ2v) is 9.56. The Morgan fingerprint density at radius 3 is 2.92 bits per heavy atom. The first-order valence-corrected chi connectivity index (χ1v) is 12.4. The number of hydrogen-bond donors (Lipinski definition) is 3. The van der Waals surface area contributed by atoms with Gasteiger partial charge in [-0.1, -0.05) is 6.58 Å². The first kappa shape index (κ1) is 23.8. The summed E-state index contributed by atoms with van der Waals surface area (Å²) in [5.74, 6) is 0.151. The highest BCUT2D eigenvalue weighted by atomic mass is 32.1. The molecule has 1 aliphatic rings. The largest absolute Gasteiger partial charge is 0.489 e. The molecule has 0 aliphatic carbocycles. The van der Waals surface area contributed by atoms with Gasteiger partial charge in [-0.2, -0.15) is 0 Å². The number of hydrogen-bond acceptors (Lipinski definition) is 7. The van der Waals surface area contributed by atoms with E-state index in [1.165, 1.54) is 17.4 Å². The van der Waals surface area contributed by atoms with E-state index in [2.05, 4.69) is 22.5 Å². The zero-order chi connectivity index (χ0) is 25.2. The number of nitrogens with zero attached hydrogens (tertiary/aromatic N) is 1. The zero-order valence-electron chi connectivity index (χ0n) is 20.0. The summed E-state index contributed by atoms with van der Waals surface area (Å²) in [6.07, 6.45) is 1.21. The van der Waals surface area contributed by atoms with Crippen LogP contribution in [0.3, 0.4) is 0 Å². The maximum absolute atomic E-state index is 12.7. The molecule has 0 saturated heterocycles. The molecule has 8 nitrogen and oxygen atoms in total. The van der Waals surface area contributed by atoms with E-state index in [1.54, 1.807) is 13.2 Å². The molecule has 5 rings (SSSR count). The summed E-state index contributed by atoms with van der Waals surface area (Å²) in [6.45, 7) is 6.95. The number of rotatable bonds is 7. The molecule has 1 atom stereocenters. The van der Waals surface area contributed by atoms with Gasteiger partial charge in [0.05, 0.1) is 29.2 Å². The molecule has 184 valence electrons. The Bertz CT molecular complexity index is 1500. The number of methoxy groups -OCH3 is 1. The predicted octanol–water partition coefficient (Wildman–Crippen LogP) is 4.81. The molecule has 36 heavy (non-hydrogen) atoms. The first-order chi connectivity index (χ1) is 17.5. The maximum Gasteiger partial charge on any atom is 0.263 e. The third kappa shape index (κ3) is 4.50. The number of aromatic nitrogens is 1. The minimum absolute atomic E-state index is 0.0454. The van der Waals surface area contributed by atoms with Crippen LogP contribution in [0.15, 0.2) is 55.1 Å². The fourth-order valence-electron chi connectivity index (χ4n) is 4.22. The second-order valence-electron chi connectivity index (χ2n) is 8.51. The van der Waals surface area contributed by atoms with Crippen molar-refractivity contribution in [3.05, 3.63) is 60.0 Å². The van der Waals surface area contributed by atoms with Crippen molar-refractivity contribution in [2.75, 3.05) is 37.5 Å². The number of thiophene rings is 1. The highest BCUT2D eigenvalue weighted by molar-refractivity contribution is 7.21. The highest BCUT2D eigenvalue weighted by Gasteiger charge is 2.24.